The molecular formula is C23H38N4O2. The molecule has 29 heavy (non-hydrogen) atoms. The number of carbonyl (C=O) groups is 1. The molecule has 0 radical (unpaired) electrons. The second-order valence-electron chi connectivity index (χ2n) is 10.3. The maximum atomic E-state index is 12.6. The molecule has 0 spiro atoms. The summed E-state index contributed by atoms with van der Waals surface area (Å²) in [7, 11) is 0. The molecule has 0 bridgehead atoms. The molecular weight excluding hydrogens is 364 g/mol. The number of nitrogens with two attached hydrogens (primary N) is 2. The van der Waals surface area contributed by atoms with Crippen LogP contribution >= 0.6 is 0 Å². The van der Waals surface area contributed by atoms with Gasteiger partial charge in [-0.25, -0.2) is 0 Å². The summed E-state index contributed by atoms with van der Waals surface area (Å²) in [6.07, 6.45) is 10.4. The van der Waals surface area contributed by atoms with Crippen molar-refractivity contribution in [2.45, 2.75) is 71.6 Å². The smallest absolute Gasteiger partial charge is 0.185 e. The van der Waals surface area contributed by atoms with E-state index in [1.54, 1.807) is 0 Å². The Morgan fingerprint density at radius 2 is 1.93 bits per heavy atom. The van der Waals surface area contributed by atoms with Crippen LogP contribution in [-0.2, 0) is 9.53 Å². The minimum absolute atomic E-state index is 0.0123. The van der Waals surface area contributed by atoms with Crippen molar-refractivity contribution in [3.05, 3.63) is 0 Å². The molecule has 4 fully saturated rings. The van der Waals surface area contributed by atoms with E-state index in [4.69, 9.17) is 21.2 Å². The van der Waals surface area contributed by atoms with Gasteiger partial charge in [-0.05, 0) is 80.5 Å². The van der Waals surface area contributed by atoms with Crippen LogP contribution in [-0.4, -0.2) is 37.3 Å². The van der Waals surface area contributed by atoms with Crippen LogP contribution in [0.4, 0.5) is 0 Å². The summed E-state index contributed by atoms with van der Waals surface area (Å²) >= 11 is 0. The van der Waals surface area contributed by atoms with Gasteiger partial charge in [0.25, 0.3) is 0 Å². The number of Topliss-reactive ketones (excluding diaryl/α,β-unsaturated/α-hetero) is 1. The Morgan fingerprint density at radius 1 is 1.10 bits per heavy atom. The zero-order chi connectivity index (χ0) is 20.6. The van der Waals surface area contributed by atoms with Gasteiger partial charge in [-0.3, -0.25) is 14.8 Å². The molecule has 4 rings (SSSR count). The number of carbonyl (C=O) groups excluding carboxylic acids is 1. The first-order valence-electron chi connectivity index (χ1n) is 11.5. The lowest BCUT2D eigenvalue weighted by Gasteiger charge is -2.59. The Labute approximate surface area is 174 Å². The first-order chi connectivity index (χ1) is 13.8. The minimum atomic E-state index is -0.0123. The van der Waals surface area contributed by atoms with Crippen molar-refractivity contribution in [1.82, 2.24) is 0 Å². The van der Waals surface area contributed by atoms with Gasteiger partial charge in [0.15, 0.2) is 5.96 Å². The van der Waals surface area contributed by atoms with Gasteiger partial charge < -0.3 is 16.2 Å². The third kappa shape index (κ3) is 3.73. The van der Waals surface area contributed by atoms with Crippen LogP contribution in [0.5, 0.6) is 0 Å². The van der Waals surface area contributed by atoms with Crippen molar-refractivity contribution in [3.63, 3.8) is 0 Å². The highest BCUT2D eigenvalue weighted by Crippen LogP contribution is 2.65. The Hall–Kier alpha value is -1.43. The van der Waals surface area contributed by atoms with Gasteiger partial charge in [-0.15, -0.1) is 0 Å². The van der Waals surface area contributed by atoms with Crippen LogP contribution in [0.2, 0.25) is 0 Å². The lowest BCUT2D eigenvalue weighted by atomic mass is 9.45. The predicted octanol–water partition coefficient (Wildman–Crippen LogP) is 3.29. The van der Waals surface area contributed by atoms with Crippen molar-refractivity contribution in [2.24, 2.45) is 56.0 Å². The third-order valence-electron chi connectivity index (χ3n) is 9.12. The van der Waals surface area contributed by atoms with Crippen LogP contribution in [0.25, 0.3) is 0 Å². The van der Waals surface area contributed by atoms with Gasteiger partial charge in [0.2, 0.25) is 0 Å². The summed E-state index contributed by atoms with van der Waals surface area (Å²) in [4.78, 5) is 21.2. The maximum absolute atomic E-state index is 12.6. The molecule has 6 nitrogen and oxygen atoms in total. The second kappa shape index (κ2) is 8.01. The van der Waals surface area contributed by atoms with Crippen LogP contribution in [0.3, 0.4) is 0 Å². The standard InChI is InChI=1S/C23H38N4O2/c1-22-9-7-16(27-14-29-12-11-26-21(24)25)13-15(22)3-4-17-18-5-6-20(28)23(18,2)10-8-19(17)22/h15,17-19H,3-14H2,1-2H3,(H4,24,25,26). The molecule has 0 amide bonds. The minimum Gasteiger partial charge on any atom is -0.370 e. The van der Waals surface area contributed by atoms with E-state index in [0.717, 1.165) is 49.9 Å². The maximum Gasteiger partial charge on any atom is 0.185 e. The topological polar surface area (TPSA) is 103 Å². The average molecular weight is 403 g/mol. The third-order valence-corrected chi connectivity index (χ3v) is 9.12. The van der Waals surface area contributed by atoms with Gasteiger partial charge in [0, 0.05) is 17.5 Å². The molecule has 6 heteroatoms. The number of nitrogens with zero attached hydrogens (tertiary/aromatic N) is 2. The van der Waals surface area contributed by atoms with Crippen molar-refractivity contribution in [2.75, 3.05) is 19.9 Å². The van der Waals surface area contributed by atoms with Gasteiger partial charge in [-0.1, -0.05) is 13.8 Å². The number of hydrogen-bond acceptors (Lipinski definition) is 4. The SMILES string of the molecule is CC12CCC3C(CCC4CC(=NCOCCN=C(N)N)CCC43C)C1CCC2=O. The zero-order valence-electron chi connectivity index (χ0n) is 18.2. The molecule has 4 aliphatic rings. The monoisotopic (exact) mass is 402 g/mol. The summed E-state index contributed by atoms with van der Waals surface area (Å²) in [5.74, 6) is 3.58. The number of rotatable bonds is 5. The lowest BCUT2D eigenvalue weighted by Crippen LogP contribution is -2.53. The van der Waals surface area contributed by atoms with Crippen LogP contribution in [0.15, 0.2) is 9.98 Å². The fourth-order valence-corrected chi connectivity index (χ4v) is 7.42. The Kier molecular flexibility index (Phi) is 5.75. The highest BCUT2D eigenvalue weighted by Gasteiger charge is 2.59. The first-order valence-corrected chi connectivity index (χ1v) is 11.5. The molecule has 0 heterocycles. The number of aliphatic imine (C=N–C) groups is 2. The Balaban J connectivity index is 1.36. The lowest BCUT2D eigenvalue weighted by molar-refractivity contribution is -0.136. The molecule has 4 saturated carbocycles. The Bertz CT molecular complexity index is 701. The van der Waals surface area contributed by atoms with E-state index in [2.05, 4.69) is 18.8 Å². The van der Waals surface area contributed by atoms with Gasteiger partial charge in [0.05, 0.1) is 13.2 Å². The van der Waals surface area contributed by atoms with Gasteiger partial charge in [0.1, 0.15) is 12.5 Å². The van der Waals surface area contributed by atoms with Gasteiger partial charge in [-0.2, -0.15) is 0 Å². The van der Waals surface area contributed by atoms with E-state index in [1.165, 1.54) is 31.4 Å². The summed E-state index contributed by atoms with van der Waals surface area (Å²) in [5, 5.41) is 0. The van der Waals surface area contributed by atoms with Crippen molar-refractivity contribution < 1.29 is 9.53 Å². The molecule has 4 aliphatic carbocycles. The zero-order valence-corrected chi connectivity index (χ0v) is 18.2. The second-order valence-corrected chi connectivity index (χ2v) is 10.3. The number of guanidine groups is 1. The van der Waals surface area contributed by atoms with Gasteiger partial charge >= 0.3 is 0 Å². The molecule has 4 N–H and O–H groups in total. The highest BCUT2D eigenvalue weighted by molar-refractivity contribution is 5.87. The molecule has 0 aliphatic heterocycles. The van der Waals surface area contributed by atoms with E-state index < -0.39 is 0 Å². The summed E-state index contributed by atoms with van der Waals surface area (Å²) in [6, 6.07) is 0. The van der Waals surface area contributed by atoms with Crippen LogP contribution < -0.4 is 11.5 Å². The van der Waals surface area contributed by atoms with Crippen LogP contribution in [0, 0.1) is 34.5 Å². The molecule has 6 atom stereocenters. The molecule has 0 aromatic rings. The number of fused-ring (bicyclic) bond motifs is 5. The predicted molar refractivity (Wildman–Crippen MR) is 116 cm³/mol. The molecule has 6 unspecified atom stereocenters. The molecule has 0 aromatic heterocycles. The largest absolute Gasteiger partial charge is 0.370 e. The molecule has 0 aromatic carbocycles. The van der Waals surface area contributed by atoms with E-state index in [9.17, 15) is 4.79 Å². The van der Waals surface area contributed by atoms with Crippen molar-refractivity contribution in [3.8, 4) is 0 Å². The number of ketones is 1. The average Bonchev–Trinajstić information content (AvgIpc) is 2.99. The molecule has 162 valence electrons. The highest BCUT2D eigenvalue weighted by atomic mass is 16.5. The van der Waals surface area contributed by atoms with Crippen molar-refractivity contribution in [1.29, 1.82) is 0 Å². The first kappa shape index (κ1) is 20.8. The number of hydrogen-bond donors (Lipinski definition) is 2. The van der Waals surface area contributed by atoms with E-state index in [-0.39, 0.29) is 11.4 Å². The van der Waals surface area contributed by atoms with Crippen LogP contribution in [0.1, 0.15) is 71.6 Å². The Morgan fingerprint density at radius 3 is 2.72 bits per heavy atom. The van der Waals surface area contributed by atoms with E-state index in [1.807, 2.05) is 0 Å². The van der Waals surface area contributed by atoms with E-state index in [0.29, 0.717) is 37.0 Å². The fourth-order valence-electron chi connectivity index (χ4n) is 7.42. The normalized spacial score (nSPS) is 42.8. The van der Waals surface area contributed by atoms with Crippen molar-refractivity contribution >= 4 is 17.5 Å². The fraction of sp³-hybridized carbons (Fsp3) is 0.870. The molecule has 0 saturated heterocycles. The summed E-state index contributed by atoms with van der Waals surface area (Å²) in [6.45, 7) is 6.22. The van der Waals surface area contributed by atoms with E-state index >= 15 is 0 Å². The summed E-state index contributed by atoms with van der Waals surface area (Å²) in [5.41, 5.74) is 12.4. The number of ether oxygens (including phenoxy) is 1. The summed E-state index contributed by atoms with van der Waals surface area (Å²) < 4.78 is 5.56. The quantitative estimate of drug-likeness (QED) is 0.418.